The highest BCUT2D eigenvalue weighted by Gasteiger charge is 2.14. The number of nitrogens with one attached hydrogen (secondary N) is 1. The van der Waals surface area contributed by atoms with E-state index in [1.807, 2.05) is 0 Å². The Kier molecular flexibility index (Phi) is 9.37. The van der Waals surface area contributed by atoms with Crippen molar-refractivity contribution < 1.29 is 23.3 Å². The van der Waals surface area contributed by atoms with Crippen molar-refractivity contribution in [3.8, 4) is 11.8 Å². The molecule has 12 heteroatoms. The molecular formula is C31H30N6O5S. The van der Waals surface area contributed by atoms with Crippen LogP contribution in [0, 0.1) is 18.8 Å². The Balaban J connectivity index is 1.50. The molecular weight excluding hydrogens is 568 g/mol. The summed E-state index contributed by atoms with van der Waals surface area (Å²) in [5, 5.41) is 7.02. The number of ether oxygens (including phenoxy) is 1. The number of rotatable bonds is 7. The molecule has 0 radical (unpaired) electrons. The molecule has 0 spiro atoms. The summed E-state index contributed by atoms with van der Waals surface area (Å²) in [6.45, 7) is 1.81. The van der Waals surface area contributed by atoms with E-state index in [9.17, 15) is 18.6 Å². The second-order valence-electron chi connectivity index (χ2n) is 9.66. The van der Waals surface area contributed by atoms with Crippen LogP contribution in [0.2, 0.25) is 0 Å². The molecule has 4 rings (SSSR count). The standard InChI is InChI=1S/C31H30N6O5S/c1-20-16-27(37(2)35-20)31(40)34-25-7-5-6-22(17-25)8-12-23-18-24(19-33-29(23)32)30(39)36-43(4,41)26-13-9-21(10-14-26)11-15-28(38)42-3/h5-7,9-10,13-14,16-19H,11,15H2,1-4H3,(H2,32,33)(H,34,40). The highest BCUT2D eigenvalue weighted by molar-refractivity contribution is 7.93. The molecule has 1 atom stereocenters. The van der Waals surface area contributed by atoms with Crippen molar-refractivity contribution in [1.82, 2.24) is 14.8 Å². The lowest BCUT2D eigenvalue weighted by molar-refractivity contribution is -0.140. The van der Waals surface area contributed by atoms with Crippen LogP contribution >= 0.6 is 0 Å². The normalized spacial score (nSPS) is 11.9. The number of aromatic nitrogens is 3. The van der Waals surface area contributed by atoms with Crippen LogP contribution in [-0.4, -0.2) is 50.1 Å². The zero-order valence-corrected chi connectivity index (χ0v) is 24.9. The van der Waals surface area contributed by atoms with Gasteiger partial charge in [-0.05, 0) is 61.4 Å². The van der Waals surface area contributed by atoms with Crippen molar-refractivity contribution in [2.75, 3.05) is 24.4 Å². The second-order valence-corrected chi connectivity index (χ2v) is 11.9. The van der Waals surface area contributed by atoms with Crippen molar-refractivity contribution in [3.05, 3.63) is 101 Å². The minimum atomic E-state index is -3.08. The lowest BCUT2D eigenvalue weighted by atomic mass is 10.1. The highest BCUT2D eigenvalue weighted by Crippen LogP contribution is 2.18. The zero-order chi connectivity index (χ0) is 31.1. The topological polar surface area (TPSA) is 159 Å². The fraction of sp³-hybridized carbons (Fsp3) is 0.194. The number of methoxy groups -OCH3 is 1. The molecule has 0 saturated heterocycles. The number of hydrogen-bond donors (Lipinski definition) is 2. The summed E-state index contributed by atoms with van der Waals surface area (Å²) >= 11 is 0. The van der Waals surface area contributed by atoms with E-state index < -0.39 is 15.6 Å². The number of amides is 2. The van der Waals surface area contributed by atoms with Crippen molar-refractivity contribution in [3.63, 3.8) is 0 Å². The van der Waals surface area contributed by atoms with Gasteiger partial charge in [-0.15, -0.1) is 0 Å². The van der Waals surface area contributed by atoms with E-state index in [0.29, 0.717) is 33.8 Å². The van der Waals surface area contributed by atoms with E-state index >= 15 is 0 Å². The van der Waals surface area contributed by atoms with Crippen LogP contribution in [0.1, 0.15) is 49.7 Å². The number of pyridine rings is 1. The average molecular weight is 599 g/mol. The maximum absolute atomic E-state index is 13.3. The maximum Gasteiger partial charge on any atom is 0.305 e. The van der Waals surface area contributed by atoms with Crippen molar-refractivity contribution in [1.29, 1.82) is 0 Å². The number of nitrogens with zero attached hydrogens (tertiary/aromatic N) is 4. The number of aryl methyl sites for hydroxylation is 3. The van der Waals surface area contributed by atoms with Gasteiger partial charge in [0, 0.05) is 42.1 Å². The molecule has 0 aliphatic carbocycles. The number of carbonyl (C=O) groups is 3. The molecule has 0 aliphatic heterocycles. The summed E-state index contributed by atoms with van der Waals surface area (Å²) < 4.78 is 23.4. The monoisotopic (exact) mass is 598 g/mol. The van der Waals surface area contributed by atoms with Gasteiger partial charge < -0.3 is 15.8 Å². The van der Waals surface area contributed by atoms with Gasteiger partial charge in [0.2, 0.25) is 0 Å². The Morgan fingerprint density at radius 3 is 2.51 bits per heavy atom. The Hall–Kier alpha value is -5.28. The van der Waals surface area contributed by atoms with Crippen molar-refractivity contribution >= 4 is 39.0 Å². The van der Waals surface area contributed by atoms with Crippen molar-refractivity contribution in [2.24, 2.45) is 11.4 Å². The lowest BCUT2D eigenvalue weighted by Crippen LogP contribution is -2.16. The highest BCUT2D eigenvalue weighted by atomic mass is 32.2. The van der Waals surface area contributed by atoms with Crippen LogP contribution < -0.4 is 11.1 Å². The first kappa shape index (κ1) is 30.7. The molecule has 0 fully saturated rings. The van der Waals surface area contributed by atoms with Gasteiger partial charge in [0.1, 0.15) is 11.5 Å². The fourth-order valence-electron chi connectivity index (χ4n) is 4.05. The Bertz CT molecular complexity index is 1890. The number of hydrogen-bond acceptors (Lipinski definition) is 8. The van der Waals surface area contributed by atoms with Gasteiger partial charge in [-0.3, -0.25) is 19.1 Å². The van der Waals surface area contributed by atoms with Crippen molar-refractivity contribution in [2.45, 2.75) is 24.7 Å². The molecule has 0 bridgehead atoms. The zero-order valence-electron chi connectivity index (χ0n) is 24.1. The quantitative estimate of drug-likeness (QED) is 0.240. The van der Waals surface area contributed by atoms with Crippen LogP contribution in [0.3, 0.4) is 0 Å². The van der Waals surface area contributed by atoms with E-state index in [0.717, 1.165) is 11.3 Å². The van der Waals surface area contributed by atoms with E-state index in [2.05, 4.69) is 36.3 Å². The van der Waals surface area contributed by atoms with E-state index in [-0.39, 0.29) is 29.7 Å². The molecule has 2 heterocycles. The first-order chi connectivity index (χ1) is 20.4. The van der Waals surface area contributed by atoms with E-state index in [1.54, 1.807) is 68.6 Å². The molecule has 1 unspecified atom stereocenters. The first-order valence-electron chi connectivity index (χ1n) is 13.1. The summed E-state index contributed by atoms with van der Waals surface area (Å²) in [6.07, 6.45) is 3.33. The summed E-state index contributed by atoms with van der Waals surface area (Å²) in [4.78, 5) is 41.4. The van der Waals surface area contributed by atoms with Gasteiger partial charge in [-0.2, -0.15) is 9.46 Å². The molecule has 2 aromatic carbocycles. The van der Waals surface area contributed by atoms with Crippen LogP contribution in [0.15, 0.2) is 76.1 Å². The Morgan fingerprint density at radius 2 is 1.84 bits per heavy atom. The summed E-state index contributed by atoms with van der Waals surface area (Å²) in [6, 6.07) is 16.8. The third-order valence-corrected chi connectivity index (χ3v) is 7.99. The molecule has 220 valence electrons. The number of nitrogen functional groups attached to an aromatic ring is 1. The molecule has 43 heavy (non-hydrogen) atoms. The smallest absolute Gasteiger partial charge is 0.305 e. The molecule has 0 saturated carbocycles. The third kappa shape index (κ3) is 7.93. The molecule has 0 aliphatic rings. The Labute approximate surface area is 249 Å². The maximum atomic E-state index is 13.3. The number of esters is 1. The lowest BCUT2D eigenvalue weighted by Gasteiger charge is -2.07. The molecule has 3 N–H and O–H groups in total. The fourth-order valence-corrected chi connectivity index (χ4v) is 5.21. The van der Waals surface area contributed by atoms with Crippen LogP contribution in [0.25, 0.3) is 0 Å². The summed E-state index contributed by atoms with van der Waals surface area (Å²) in [5.74, 6) is 4.64. The number of anilines is 2. The van der Waals surface area contributed by atoms with Gasteiger partial charge in [-0.25, -0.2) is 9.19 Å². The second kappa shape index (κ2) is 13.1. The van der Waals surface area contributed by atoms with Crippen LogP contribution in [-0.2, 0) is 32.7 Å². The molecule has 2 amide bonds. The summed E-state index contributed by atoms with van der Waals surface area (Å²) in [7, 11) is -0.0510. The molecule has 11 nitrogen and oxygen atoms in total. The summed E-state index contributed by atoms with van der Waals surface area (Å²) in [5.41, 5.74) is 9.52. The largest absolute Gasteiger partial charge is 0.469 e. The van der Waals surface area contributed by atoms with Gasteiger partial charge >= 0.3 is 5.97 Å². The minimum Gasteiger partial charge on any atom is -0.469 e. The third-order valence-electron chi connectivity index (χ3n) is 6.33. The van der Waals surface area contributed by atoms with Gasteiger partial charge in [0.15, 0.2) is 0 Å². The predicted molar refractivity (Wildman–Crippen MR) is 163 cm³/mol. The van der Waals surface area contributed by atoms with E-state index in [4.69, 9.17) is 5.73 Å². The predicted octanol–water partition coefficient (Wildman–Crippen LogP) is 3.76. The average Bonchev–Trinajstić information content (AvgIpc) is 3.33. The van der Waals surface area contributed by atoms with Gasteiger partial charge in [0.25, 0.3) is 11.8 Å². The number of nitrogens with two attached hydrogens (primary N) is 1. The Morgan fingerprint density at radius 1 is 1.09 bits per heavy atom. The van der Waals surface area contributed by atoms with Gasteiger partial charge in [-0.1, -0.05) is 30.0 Å². The van der Waals surface area contributed by atoms with Gasteiger partial charge in [0.05, 0.1) is 33.7 Å². The van der Waals surface area contributed by atoms with Crippen LogP contribution in [0.5, 0.6) is 0 Å². The minimum absolute atomic E-state index is 0.0789. The van der Waals surface area contributed by atoms with Crippen LogP contribution in [0.4, 0.5) is 11.5 Å². The molecule has 2 aromatic heterocycles. The number of carbonyl (C=O) groups excluding carboxylic acids is 3. The SMILES string of the molecule is COC(=O)CCc1ccc(S(C)(=O)=NC(=O)c2cnc(N)c(C#Cc3cccc(NC(=O)c4cc(C)nn4C)c3)c2)cc1. The molecule has 4 aromatic rings. The van der Waals surface area contributed by atoms with E-state index in [1.165, 1.54) is 30.3 Å². The number of benzene rings is 2. The first-order valence-corrected chi connectivity index (χ1v) is 15.0.